The van der Waals surface area contributed by atoms with Crippen LogP contribution in [-0.4, -0.2) is 16.4 Å². The van der Waals surface area contributed by atoms with Gasteiger partial charge in [-0.15, -0.1) is 0 Å². The number of anilines is 1. The standard InChI is InChI=1S/C16H21N3O/c1-15(2,16(3,4)17)14(20)19-12-9-11-7-5-6-8-13(11)18-10-12/h5-10H,17H2,1-4H3,(H,19,20). The number of pyridine rings is 1. The third-order valence-corrected chi connectivity index (χ3v) is 4.03. The maximum atomic E-state index is 12.4. The van der Waals surface area contributed by atoms with Crippen molar-refractivity contribution in [3.8, 4) is 0 Å². The summed E-state index contributed by atoms with van der Waals surface area (Å²) in [4.78, 5) is 16.7. The molecule has 20 heavy (non-hydrogen) atoms. The lowest BCUT2D eigenvalue weighted by Crippen LogP contribution is -2.53. The number of rotatable bonds is 3. The number of hydrogen-bond donors (Lipinski definition) is 2. The topological polar surface area (TPSA) is 68.0 Å². The summed E-state index contributed by atoms with van der Waals surface area (Å²) in [6.07, 6.45) is 1.67. The van der Waals surface area contributed by atoms with Crippen molar-refractivity contribution in [2.75, 3.05) is 5.32 Å². The predicted octanol–water partition coefficient (Wildman–Crippen LogP) is 2.94. The minimum atomic E-state index is -0.682. The minimum absolute atomic E-state index is 0.109. The van der Waals surface area contributed by atoms with E-state index in [0.29, 0.717) is 5.69 Å². The molecule has 0 saturated carbocycles. The number of nitrogens with two attached hydrogens (primary N) is 1. The maximum absolute atomic E-state index is 12.4. The molecular formula is C16H21N3O. The zero-order valence-electron chi connectivity index (χ0n) is 12.4. The number of benzene rings is 1. The first kappa shape index (κ1) is 14.5. The number of nitrogens with zero attached hydrogens (tertiary/aromatic N) is 1. The van der Waals surface area contributed by atoms with Gasteiger partial charge in [0.15, 0.2) is 0 Å². The Labute approximate surface area is 119 Å². The monoisotopic (exact) mass is 271 g/mol. The van der Waals surface area contributed by atoms with Crippen molar-refractivity contribution in [1.82, 2.24) is 4.98 Å². The second kappa shape index (κ2) is 4.87. The van der Waals surface area contributed by atoms with E-state index in [4.69, 9.17) is 5.73 Å². The third-order valence-electron chi connectivity index (χ3n) is 4.03. The van der Waals surface area contributed by atoms with Gasteiger partial charge >= 0.3 is 0 Å². The summed E-state index contributed by atoms with van der Waals surface area (Å²) >= 11 is 0. The first-order chi connectivity index (χ1) is 9.22. The minimum Gasteiger partial charge on any atom is -0.325 e. The van der Waals surface area contributed by atoms with Gasteiger partial charge in [-0.25, -0.2) is 0 Å². The second-order valence-corrected chi connectivity index (χ2v) is 6.22. The van der Waals surface area contributed by atoms with Crippen molar-refractivity contribution in [2.24, 2.45) is 11.1 Å². The molecule has 1 aromatic carbocycles. The highest BCUT2D eigenvalue weighted by Gasteiger charge is 2.40. The molecule has 106 valence electrons. The Bertz CT molecular complexity index is 641. The van der Waals surface area contributed by atoms with Crippen LogP contribution in [0, 0.1) is 5.41 Å². The van der Waals surface area contributed by atoms with Crippen molar-refractivity contribution in [3.63, 3.8) is 0 Å². The van der Waals surface area contributed by atoms with Crippen molar-refractivity contribution in [2.45, 2.75) is 33.2 Å². The number of hydrogen-bond acceptors (Lipinski definition) is 3. The lowest BCUT2D eigenvalue weighted by molar-refractivity contribution is -0.126. The average molecular weight is 271 g/mol. The van der Waals surface area contributed by atoms with Crippen LogP contribution in [0.5, 0.6) is 0 Å². The average Bonchev–Trinajstić information content (AvgIpc) is 2.37. The number of carbonyl (C=O) groups excluding carboxylic acids is 1. The fourth-order valence-electron chi connectivity index (χ4n) is 1.72. The van der Waals surface area contributed by atoms with E-state index in [1.807, 2.05) is 58.0 Å². The summed E-state index contributed by atoms with van der Waals surface area (Å²) in [5.41, 5.74) is 6.38. The highest BCUT2D eigenvalue weighted by atomic mass is 16.2. The summed E-state index contributed by atoms with van der Waals surface area (Å²) in [6, 6.07) is 9.71. The lowest BCUT2D eigenvalue weighted by Gasteiger charge is -2.36. The van der Waals surface area contributed by atoms with Crippen LogP contribution in [0.25, 0.3) is 10.9 Å². The van der Waals surface area contributed by atoms with Crippen LogP contribution in [0.1, 0.15) is 27.7 Å². The fraction of sp³-hybridized carbons (Fsp3) is 0.375. The summed E-state index contributed by atoms with van der Waals surface area (Å²) in [6.45, 7) is 7.39. The van der Waals surface area contributed by atoms with Crippen LogP contribution in [0.15, 0.2) is 36.5 Å². The van der Waals surface area contributed by atoms with Gasteiger partial charge in [-0.1, -0.05) is 18.2 Å². The quantitative estimate of drug-likeness (QED) is 0.901. The Hall–Kier alpha value is -1.94. The first-order valence-corrected chi connectivity index (χ1v) is 6.67. The SMILES string of the molecule is CC(C)(N)C(C)(C)C(=O)Nc1cnc2ccccc2c1. The van der Waals surface area contributed by atoms with Gasteiger partial charge in [-0.2, -0.15) is 0 Å². The Morgan fingerprint density at radius 3 is 2.50 bits per heavy atom. The third kappa shape index (κ3) is 2.65. The largest absolute Gasteiger partial charge is 0.325 e. The number of amides is 1. The van der Waals surface area contributed by atoms with Crippen LogP contribution in [0.4, 0.5) is 5.69 Å². The van der Waals surface area contributed by atoms with Gasteiger partial charge in [-0.05, 0) is 39.8 Å². The van der Waals surface area contributed by atoms with Crippen LogP contribution >= 0.6 is 0 Å². The van der Waals surface area contributed by atoms with Crippen LogP contribution in [0.2, 0.25) is 0 Å². The van der Waals surface area contributed by atoms with Gasteiger partial charge < -0.3 is 11.1 Å². The van der Waals surface area contributed by atoms with Crippen LogP contribution in [0.3, 0.4) is 0 Å². The van der Waals surface area contributed by atoms with Crippen molar-refractivity contribution < 1.29 is 4.79 Å². The van der Waals surface area contributed by atoms with Gasteiger partial charge in [0.05, 0.1) is 22.8 Å². The summed E-state index contributed by atoms with van der Waals surface area (Å²) in [5, 5.41) is 3.89. The maximum Gasteiger partial charge on any atom is 0.231 e. The molecule has 0 fully saturated rings. The molecule has 1 amide bonds. The molecule has 1 aromatic heterocycles. The predicted molar refractivity (Wildman–Crippen MR) is 82.4 cm³/mol. The van der Waals surface area contributed by atoms with Crippen LogP contribution in [-0.2, 0) is 4.79 Å². The molecule has 4 nitrogen and oxygen atoms in total. The van der Waals surface area contributed by atoms with Gasteiger partial charge in [0.1, 0.15) is 0 Å². The summed E-state index contributed by atoms with van der Waals surface area (Å²) in [7, 11) is 0. The number of carbonyl (C=O) groups is 1. The summed E-state index contributed by atoms with van der Waals surface area (Å²) in [5.74, 6) is -0.109. The van der Waals surface area contributed by atoms with E-state index in [2.05, 4.69) is 10.3 Å². The molecule has 2 rings (SSSR count). The van der Waals surface area contributed by atoms with Gasteiger partial charge in [-0.3, -0.25) is 9.78 Å². The number of fused-ring (bicyclic) bond motifs is 1. The molecule has 0 atom stereocenters. The second-order valence-electron chi connectivity index (χ2n) is 6.22. The molecule has 0 aliphatic heterocycles. The molecule has 0 spiro atoms. The highest BCUT2D eigenvalue weighted by Crippen LogP contribution is 2.30. The normalized spacial score (nSPS) is 12.4. The fourth-order valence-corrected chi connectivity index (χ4v) is 1.72. The lowest BCUT2D eigenvalue weighted by atomic mass is 9.74. The van der Waals surface area contributed by atoms with E-state index in [1.165, 1.54) is 0 Å². The first-order valence-electron chi connectivity index (χ1n) is 6.67. The highest BCUT2D eigenvalue weighted by molar-refractivity contribution is 5.97. The van der Waals surface area contributed by atoms with Crippen LogP contribution < -0.4 is 11.1 Å². The van der Waals surface area contributed by atoms with Gasteiger partial charge in [0.2, 0.25) is 5.91 Å². The molecule has 4 heteroatoms. The van der Waals surface area contributed by atoms with E-state index >= 15 is 0 Å². The Kier molecular flexibility index (Phi) is 3.52. The van der Waals surface area contributed by atoms with Gasteiger partial charge in [0, 0.05) is 10.9 Å². The number of aromatic nitrogens is 1. The number of nitrogens with one attached hydrogen (secondary N) is 1. The summed E-state index contributed by atoms with van der Waals surface area (Å²) < 4.78 is 0. The molecule has 3 N–H and O–H groups in total. The van der Waals surface area contributed by atoms with Crippen molar-refractivity contribution >= 4 is 22.5 Å². The molecular weight excluding hydrogens is 250 g/mol. The van der Waals surface area contributed by atoms with E-state index in [0.717, 1.165) is 10.9 Å². The Morgan fingerprint density at radius 1 is 1.20 bits per heavy atom. The molecule has 0 bridgehead atoms. The van der Waals surface area contributed by atoms with E-state index in [-0.39, 0.29) is 5.91 Å². The Morgan fingerprint density at radius 2 is 1.85 bits per heavy atom. The van der Waals surface area contributed by atoms with Crippen molar-refractivity contribution in [3.05, 3.63) is 36.5 Å². The zero-order chi connectivity index (χ0) is 15.0. The van der Waals surface area contributed by atoms with Crippen molar-refractivity contribution in [1.29, 1.82) is 0 Å². The molecule has 0 aliphatic carbocycles. The van der Waals surface area contributed by atoms with Gasteiger partial charge in [0.25, 0.3) is 0 Å². The zero-order valence-corrected chi connectivity index (χ0v) is 12.4. The molecule has 2 aromatic rings. The molecule has 0 saturated heterocycles. The molecule has 0 aliphatic rings. The molecule has 0 radical (unpaired) electrons. The smallest absolute Gasteiger partial charge is 0.231 e. The van der Waals surface area contributed by atoms with E-state index in [9.17, 15) is 4.79 Å². The molecule has 0 unspecified atom stereocenters. The Balaban J connectivity index is 2.26. The number of para-hydroxylation sites is 1. The molecule has 1 heterocycles. The van der Waals surface area contributed by atoms with E-state index < -0.39 is 11.0 Å². The van der Waals surface area contributed by atoms with E-state index in [1.54, 1.807) is 6.20 Å².